The predicted molar refractivity (Wildman–Crippen MR) is 86.3 cm³/mol. The van der Waals surface area contributed by atoms with Crippen molar-refractivity contribution in [3.63, 3.8) is 0 Å². The Balaban J connectivity index is 0.000000220. The highest BCUT2D eigenvalue weighted by molar-refractivity contribution is 5.88. The van der Waals surface area contributed by atoms with Crippen molar-refractivity contribution in [2.75, 3.05) is 0 Å². The van der Waals surface area contributed by atoms with E-state index in [1.807, 2.05) is 13.8 Å². The van der Waals surface area contributed by atoms with E-state index in [0.717, 1.165) is 0 Å². The van der Waals surface area contributed by atoms with Crippen molar-refractivity contribution in [2.24, 2.45) is 10.8 Å². The number of aliphatic hydroxyl groups excluding tert-OH is 2. The van der Waals surface area contributed by atoms with Crippen molar-refractivity contribution in [2.45, 2.75) is 64.6 Å². The van der Waals surface area contributed by atoms with Gasteiger partial charge in [0.2, 0.25) is 0 Å². The maximum atomic E-state index is 11.3. The van der Waals surface area contributed by atoms with Gasteiger partial charge in [-0.15, -0.1) is 13.2 Å². The van der Waals surface area contributed by atoms with Gasteiger partial charge >= 0.3 is 0 Å². The third-order valence-electron chi connectivity index (χ3n) is 5.17. The van der Waals surface area contributed by atoms with Crippen LogP contribution < -0.4 is 0 Å². The lowest BCUT2D eigenvalue weighted by Crippen LogP contribution is -2.31. The quantitative estimate of drug-likeness (QED) is 0.783. The zero-order valence-corrected chi connectivity index (χ0v) is 13.7. The molecule has 0 radical (unpaired) electrons. The SMILES string of the molecule is C=CC[C@@]1(C)C(=O)CC[C@@H]1O.C=CC[C@]1(C)C(=O)CC[C@H]1O. The molecule has 0 aliphatic heterocycles. The number of hydrogen-bond acceptors (Lipinski definition) is 4. The summed E-state index contributed by atoms with van der Waals surface area (Å²) in [5.74, 6) is 0.342. The fraction of sp³-hybridized carbons (Fsp3) is 0.667. The second kappa shape index (κ2) is 7.34. The van der Waals surface area contributed by atoms with Crippen LogP contribution in [0.3, 0.4) is 0 Å². The molecule has 22 heavy (non-hydrogen) atoms. The molecule has 4 nitrogen and oxygen atoms in total. The molecule has 2 N–H and O–H groups in total. The second-order valence-electron chi connectivity index (χ2n) is 6.78. The Morgan fingerprint density at radius 1 is 0.955 bits per heavy atom. The highest BCUT2D eigenvalue weighted by Gasteiger charge is 2.44. The molecule has 0 aromatic rings. The summed E-state index contributed by atoms with van der Waals surface area (Å²) in [6, 6.07) is 0. The van der Waals surface area contributed by atoms with E-state index in [4.69, 9.17) is 0 Å². The molecule has 2 aliphatic rings. The third kappa shape index (κ3) is 3.55. The number of rotatable bonds is 4. The predicted octanol–water partition coefficient (Wildman–Crippen LogP) is 2.59. The van der Waals surface area contributed by atoms with Gasteiger partial charge < -0.3 is 10.2 Å². The molecule has 2 aliphatic carbocycles. The number of allylic oxidation sites excluding steroid dienone is 2. The lowest BCUT2D eigenvalue weighted by molar-refractivity contribution is -0.128. The highest BCUT2D eigenvalue weighted by atomic mass is 16.3. The van der Waals surface area contributed by atoms with Crippen molar-refractivity contribution >= 4 is 11.6 Å². The summed E-state index contributed by atoms with van der Waals surface area (Å²) in [5.41, 5.74) is -1.08. The molecule has 2 fully saturated rings. The first-order chi connectivity index (χ1) is 10.2. The van der Waals surface area contributed by atoms with E-state index in [2.05, 4.69) is 13.2 Å². The molecule has 2 rings (SSSR count). The lowest BCUT2D eigenvalue weighted by Gasteiger charge is -2.24. The molecular weight excluding hydrogens is 280 g/mol. The normalized spacial score (nSPS) is 37.6. The van der Waals surface area contributed by atoms with Crippen LogP contribution in [0.2, 0.25) is 0 Å². The van der Waals surface area contributed by atoms with E-state index in [1.54, 1.807) is 12.2 Å². The average molecular weight is 308 g/mol. The molecule has 0 aromatic carbocycles. The van der Waals surface area contributed by atoms with Gasteiger partial charge in [-0.05, 0) is 39.5 Å². The van der Waals surface area contributed by atoms with Gasteiger partial charge in [0.25, 0.3) is 0 Å². The third-order valence-corrected chi connectivity index (χ3v) is 5.17. The van der Waals surface area contributed by atoms with Crippen LogP contribution in [-0.2, 0) is 9.59 Å². The number of hydrogen-bond donors (Lipinski definition) is 2. The minimum Gasteiger partial charge on any atom is -0.392 e. The van der Waals surface area contributed by atoms with Crippen LogP contribution in [0.15, 0.2) is 25.3 Å². The van der Waals surface area contributed by atoms with Gasteiger partial charge in [0, 0.05) is 12.8 Å². The van der Waals surface area contributed by atoms with Crippen molar-refractivity contribution in [3.8, 4) is 0 Å². The molecule has 124 valence electrons. The van der Waals surface area contributed by atoms with Crippen LogP contribution in [0.4, 0.5) is 0 Å². The molecule has 4 heteroatoms. The fourth-order valence-electron chi connectivity index (χ4n) is 3.21. The summed E-state index contributed by atoms with van der Waals surface area (Å²) in [4.78, 5) is 22.6. The minimum atomic E-state index is -0.540. The van der Waals surface area contributed by atoms with Gasteiger partial charge in [-0.25, -0.2) is 0 Å². The molecule has 0 unspecified atom stereocenters. The van der Waals surface area contributed by atoms with Crippen LogP contribution in [0.25, 0.3) is 0 Å². The average Bonchev–Trinajstić information content (AvgIpc) is 2.86. The van der Waals surface area contributed by atoms with E-state index in [1.165, 1.54) is 0 Å². The Morgan fingerprint density at radius 3 is 1.45 bits per heavy atom. The maximum Gasteiger partial charge on any atom is 0.141 e. The molecular formula is C18H28O4. The molecule has 0 aromatic heterocycles. The molecule has 0 spiro atoms. The summed E-state index contributed by atoms with van der Waals surface area (Å²) >= 11 is 0. The summed E-state index contributed by atoms with van der Waals surface area (Å²) in [7, 11) is 0. The van der Waals surface area contributed by atoms with Gasteiger partial charge in [-0.2, -0.15) is 0 Å². The zero-order chi connectivity index (χ0) is 17.0. The van der Waals surface area contributed by atoms with E-state index < -0.39 is 23.0 Å². The van der Waals surface area contributed by atoms with Gasteiger partial charge in [0.15, 0.2) is 0 Å². The number of aliphatic hydroxyl groups is 2. The monoisotopic (exact) mass is 308 g/mol. The first-order valence-corrected chi connectivity index (χ1v) is 7.87. The summed E-state index contributed by atoms with van der Waals surface area (Å²) < 4.78 is 0. The molecule has 0 saturated heterocycles. The summed E-state index contributed by atoms with van der Waals surface area (Å²) in [5, 5.41) is 19.0. The van der Waals surface area contributed by atoms with Crippen molar-refractivity contribution in [3.05, 3.63) is 25.3 Å². The Kier molecular flexibility index (Phi) is 6.27. The second-order valence-corrected chi connectivity index (χ2v) is 6.78. The first-order valence-electron chi connectivity index (χ1n) is 7.87. The van der Waals surface area contributed by atoms with Crippen molar-refractivity contribution < 1.29 is 19.8 Å². The largest absolute Gasteiger partial charge is 0.392 e. The Morgan fingerprint density at radius 2 is 1.27 bits per heavy atom. The standard InChI is InChI=1S/2C9H14O2/c2*1-3-6-9(2)7(10)4-5-8(9)11/h2*3,7,10H,1,4-6H2,2H3/t2*7-,9+/m10/s1. The fourth-order valence-corrected chi connectivity index (χ4v) is 3.21. The van der Waals surface area contributed by atoms with Gasteiger partial charge in [0.05, 0.1) is 23.0 Å². The first kappa shape index (κ1) is 18.8. The summed E-state index contributed by atoms with van der Waals surface area (Å²) in [6.45, 7) is 10.8. The van der Waals surface area contributed by atoms with Gasteiger partial charge in [0.1, 0.15) is 11.6 Å². The van der Waals surface area contributed by atoms with E-state index in [9.17, 15) is 19.8 Å². The molecule has 4 atom stereocenters. The van der Waals surface area contributed by atoms with Gasteiger partial charge in [-0.3, -0.25) is 9.59 Å². The lowest BCUT2D eigenvalue weighted by atomic mass is 9.82. The number of carbonyl (C=O) groups is 2. The maximum absolute atomic E-state index is 11.3. The van der Waals surface area contributed by atoms with Crippen molar-refractivity contribution in [1.82, 2.24) is 0 Å². The summed E-state index contributed by atoms with van der Waals surface area (Å²) in [6.07, 6.45) is 5.92. The van der Waals surface area contributed by atoms with Crippen LogP contribution >= 0.6 is 0 Å². The van der Waals surface area contributed by atoms with E-state index >= 15 is 0 Å². The van der Waals surface area contributed by atoms with Gasteiger partial charge in [-0.1, -0.05) is 12.2 Å². The Hall–Kier alpha value is -1.26. The molecule has 0 heterocycles. The topological polar surface area (TPSA) is 74.6 Å². The van der Waals surface area contributed by atoms with E-state index in [0.29, 0.717) is 38.5 Å². The highest BCUT2D eigenvalue weighted by Crippen LogP contribution is 2.38. The smallest absolute Gasteiger partial charge is 0.141 e. The minimum absolute atomic E-state index is 0.171. The van der Waals surface area contributed by atoms with Crippen LogP contribution in [0.5, 0.6) is 0 Å². The molecule has 2 saturated carbocycles. The van der Waals surface area contributed by atoms with Crippen LogP contribution in [0, 0.1) is 10.8 Å². The molecule has 0 bridgehead atoms. The number of Topliss-reactive ketones (excluding diaryl/α,β-unsaturated/α-hetero) is 2. The number of carbonyl (C=O) groups excluding carboxylic acids is 2. The van der Waals surface area contributed by atoms with E-state index in [-0.39, 0.29) is 11.6 Å². The van der Waals surface area contributed by atoms with Crippen molar-refractivity contribution in [1.29, 1.82) is 0 Å². The van der Waals surface area contributed by atoms with Crippen LogP contribution in [0.1, 0.15) is 52.4 Å². The Labute approximate surface area is 132 Å². The number of ketones is 2. The van der Waals surface area contributed by atoms with Crippen LogP contribution in [-0.4, -0.2) is 34.0 Å². The zero-order valence-electron chi connectivity index (χ0n) is 13.7. The molecule has 0 amide bonds. The Bertz CT molecular complexity index is 414.